The minimum atomic E-state index is -3.38. The molecule has 1 aromatic carbocycles. The second kappa shape index (κ2) is 5.99. The van der Waals surface area contributed by atoms with Crippen LogP contribution in [0.2, 0.25) is 0 Å². The monoisotopic (exact) mass is 323 g/mol. The molecule has 0 fully saturated rings. The Labute approximate surface area is 129 Å². The van der Waals surface area contributed by atoms with Crippen LogP contribution in [-0.4, -0.2) is 27.6 Å². The van der Waals surface area contributed by atoms with E-state index in [-0.39, 0.29) is 16.7 Å². The van der Waals surface area contributed by atoms with Gasteiger partial charge < -0.3 is 4.90 Å². The van der Waals surface area contributed by atoms with E-state index in [1.54, 1.807) is 25.2 Å². The van der Waals surface area contributed by atoms with E-state index in [1.165, 1.54) is 22.3 Å². The quantitative estimate of drug-likeness (QED) is 0.869. The Morgan fingerprint density at radius 3 is 2.48 bits per heavy atom. The summed E-state index contributed by atoms with van der Waals surface area (Å²) in [4.78, 5) is 14.1. The van der Waals surface area contributed by atoms with Gasteiger partial charge in [0.25, 0.3) is 0 Å². The standard InChI is InChI=1S/C15H17NO3S2/c1-11(12-8-9-20-10-12)15(17)16(2)13-6-4-5-7-14(13)21(3,18)19/h4-11H,1-3H3/t11-/m1/s1. The first kappa shape index (κ1) is 15.7. The first-order chi connectivity index (χ1) is 9.82. The van der Waals surface area contributed by atoms with E-state index in [0.29, 0.717) is 5.69 Å². The van der Waals surface area contributed by atoms with E-state index in [4.69, 9.17) is 0 Å². The van der Waals surface area contributed by atoms with E-state index in [9.17, 15) is 13.2 Å². The van der Waals surface area contributed by atoms with Crippen LogP contribution in [0.25, 0.3) is 0 Å². The first-order valence-corrected chi connectivity index (χ1v) is 9.24. The highest BCUT2D eigenvalue weighted by Crippen LogP contribution is 2.28. The van der Waals surface area contributed by atoms with Crippen LogP contribution in [0.1, 0.15) is 18.4 Å². The van der Waals surface area contributed by atoms with Gasteiger partial charge in [-0.2, -0.15) is 11.3 Å². The summed E-state index contributed by atoms with van der Waals surface area (Å²) in [5.74, 6) is -0.446. The van der Waals surface area contributed by atoms with E-state index in [0.717, 1.165) is 11.8 Å². The highest BCUT2D eigenvalue weighted by atomic mass is 32.2. The number of nitrogens with zero attached hydrogens (tertiary/aromatic N) is 1. The van der Waals surface area contributed by atoms with Crippen LogP contribution in [0.5, 0.6) is 0 Å². The fourth-order valence-electron chi connectivity index (χ4n) is 2.12. The van der Waals surface area contributed by atoms with Gasteiger partial charge in [0.1, 0.15) is 0 Å². The zero-order valence-electron chi connectivity index (χ0n) is 12.1. The Balaban J connectivity index is 2.37. The summed E-state index contributed by atoms with van der Waals surface area (Å²) in [6.07, 6.45) is 1.15. The number of carbonyl (C=O) groups is 1. The highest BCUT2D eigenvalue weighted by molar-refractivity contribution is 7.90. The maximum atomic E-state index is 12.6. The SMILES string of the molecule is C[C@@H](C(=O)N(C)c1ccccc1S(C)(=O)=O)c1ccsc1. The number of para-hydroxylation sites is 1. The van der Waals surface area contributed by atoms with Crippen molar-refractivity contribution in [1.29, 1.82) is 0 Å². The zero-order chi connectivity index (χ0) is 15.6. The third-order valence-corrected chi connectivity index (χ3v) is 5.22. The minimum absolute atomic E-state index is 0.135. The van der Waals surface area contributed by atoms with Crippen molar-refractivity contribution in [3.05, 3.63) is 46.7 Å². The molecule has 0 saturated carbocycles. The Kier molecular flexibility index (Phi) is 4.49. The highest BCUT2D eigenvalue weighted by Gasteiger charge is 2.24. The summed E-state index contributed by atoms with van der Waals surface area (Å²) < 4.78 is 23.7. The summed E-state index contributed by atoms with van der Waals surface area (Å²) in [6.45, 7) is 1.82. The van der Waals surface area contributed by atoms with Crippen LogP contribution in [0.4, 0.5) is 5.69 Å². The molecular formula is C15H17NO3S2. The lowest BCUT2D eigenvalue weighted by molar-refractivity contribution is -0.119. The van der Waals surface area contributed by atoms with Gasteiger partial charge >= 0.3 is 0 Å². The molecule has 0 aliphatic rings. The van der Waals surface area contributed by atoms with Crippen LogP contribution < -0.4 is 4.90 Å². The molecule has 2 aromatic rings. The Morgan fingerprint density at radius 1 is 1.24 bits per heavy atom. The average Bonchev–Trinajstić information content (AvgIpc) is 2.98. The fraction of sp³-hybridized carbons (Fsp3) is 0.267. The number of carbonyl (C=O) groups excluding carboxylic acids is 1. The maximum absolute atomic E-state index is 12.6. The summed E-state index contributed by atoms with van der Waals surface area (Å²) >= 11 is 1.53. The molecule has 0 N–H and O–H groups in total. The molecule has 0 unspecified atom stereocenters. The molecule has 4 nitrogen and oxygen atoms in total. The van der Waals surface area contributed by atoms with Crippen LogP contribution >= 0.6 is 11.3 Å². The van der Waals surface area contributed by atoms with Gasteiger partial charge in [0.05, 0.1) is 16.5 Å². The Bertz CT molecular complexity index is 736. The van der Waals surface area contributed by atoms with Gasteiger partial charge in [-0.25, -0.2) is 8.42 Å². The van der Waals surface area contributed by atoms with Gasteiger partial charge in [-0.05, 0) is 41.4 Å². The molecular weight excluding hydrogens is 306 g/mol. The second-order valence-electron chi connectivity index (χ2n) is 4.92. The number of rotatable bonds is 4. The van der Waals surface area contributed by atoms with E-state index in [2.05, 4.69) is 0 Å². The maximum Gasteiger partial charge on any atom is 0.234 e. The smallest absolute Gasteiger partial charge is 0.234 e. The van der Waals surface area contributed by atoms with Crippen molar-refractivity contribution in [2.45, 2.75) is 17.7 Å². The molecule has 1 aromatic heterocycles. The number of amides is 1. The number of benzene rings is 1. The molecule has 112 valence electrons. The third-order valence-electron chi connectivity index (χ3n) is 3.37. The van der Waals surface area contributed by atoms with Gasteiger partial charge in [-0.15, -0.1) is 0 Å². The third kappa shape index (κ3) is 3.33. The first-order valence-electron chi connectivity index (χ1n) is 6.41. The molecule has 21 heavy (non-hydrogen) atoms. The molecule has 1 amide bonds. The fourth-order valence-corrected chi connectivity index (χ4v) is 3.79. The lowest BCUT2D eigenvalue weighted by Crippen LogP contribution is -2.31. The largest absolute Gasteiger partial charge is 0.314 e. The van der Waals surface area contributed by atoms with Crippen molar-refractivity contribution in [2.75, 3.05) is 18.2 Å². The number of thiophene rings is 1. The van der Waals surface area contributed by atoms with Gasteiger partial charge in [0, 0.05) is 13.3 Å². The molecule has 1 atom stereocenters. The van der Waals surface area contributed by atoms with Crippen molar-refractivity contribution in [3.63, 3.8) is 0 Å². The van der Waals surface area contributed by atoms with Crippen molar-refractivity contribution >= 4 is 32.8 Å². The van der Waals surface area contributed by atoms with Crippen LogP contribution in [0.15, 0.2) is 46.0 Å². The normalized spacial score (nSPS) is 12.9. The molecule has 1 heterocycles. The summed E-state index contributed by atoms with van der Waals surface area (Å²) in [5, 5.41) is 3.85. The molecule has 0 spiro atoms. The van der Waals surface area contributed by atoms with Gasteiger partial charge in [-0.3, -0.25) is 4.79 Å². The molecule has 0 radical (unpaired) electrons. The average molecular weight is 323 g/mol. The van der Waals surface area contributed by atoms with E-state index in [1.807, 2.05) is 23.8 Å². The minimum Gasteiger partial charge on any atom is -0.314 e. The van der Waals surface area contributed by atoms with Gasteiger partial charge in [0.15, 0.2) is 9.84 Å². The molecule has 6 heteroatoms. The van der Waals surface area contributed by atoms with E-state index >= 15 is 0 Å². The number of hydrogen-bond acceptors (Lipinski definition) is 4. The van der Waals surface area contributed by atoms with Crippen LogP contribution in [0.3, 0.4) is 0 Å². The Morgan fingerprint density at radius 2 is 1.90 bits per heavy atom. The number of hydrogen-bond donors (Lipinski definition) is 0. The van der Waals surface area contributed by atoms with Crippen molar-refractivity contribution in [2.24, 2.45) is 0 Å². The number of likely N-dealkylation sites (N-methyl/N-ethyl adjacent to an activating group) is 1. The molecule has 0 aliphatic carbocycles. The van der Waals surface area contributed by atoms with Gasteiger partial charge in [0.2, 0.25) is 5.91 Å². The Hall–Kier alpha value is -1.66. The number of sulfone groups is 1. The molecule has 0 saturated heterocycles. The van der Waals surface area contributed by atoms with Crippen molar-refractivity contribution < 1.29 is 13.2 Å². The molecule has 2 rings (SSSR count). The van der Waals surface area contributed by atoms with Gasteiger partial charge in [-0.1, -0.05) is 12.1 Å². The lowest BCUT2D eigenvalue weighted by Gasteiger charge is -2.23. The van der Waals surface area contributed by atoms with Crippen LogP contribution in [-0.2, 0) is 14.6 Å². The van der Waals surface area contributed by atoms with Crippen molar-refractivity contribution in [3.8, 4) is 0 Å². The summed E-state index contributed by atoms with van der Waals surface area (Å²) in [5.41, 5.74) is 1.35. The van der Waals surface area contributed by atoms with E-state index < -0.39 is 9.84 Å². The van der Waals surface area contributed by atoms with Crippen LogP contribution in [0, 0.1) is 0 Å². The summed E-state index contributed by atoms with van der Waals surface area (Å²) in [7, 11) is -1.78. The molecule has 0 bridgehead atoms. The number of anilines is 1. The predicted octanol–water partition coefficient (Wildman–Crippen LogP) is 2.92. The lowest BCUT2D eigenvalue weighted by atomic mass is 10.0. The molecule has 0 aliphatic heterocycles. The van der Waals surface area contributed by atoms with Crippen molar-refractivity contribution in [1.82, 2.24) is 0 Å². The predicted molar refractivity (Wildman–Crippen MR) is 85.7 cm³/mol. The topological polar surface area (TPSA) is 54.5 Å². The zero-order valence-corrected chi connectivity index (χ0v) is 13.7. The summed E-state index contributed by atoms with van der Waals surface area (Å²) in [6, 6.07) is 8.45. The second-order valence-corrected chi connectivity index (χ2v) is 7.68.